The average Bonchev–Trinajstić information content (AvgIpc) is 3.18. The Hall–Kier alpha value is -3.98. The molecule has 3 N–H and O–H groups in total. The largest absolute Gasteiger partial charge is 0.477 e. The topological polar surface area (TPSA) is 127 Å². The summed E-state index contributed by atoms with van der Waals surface area (Å²) in [5, 5.41) is 9.87. The van der Waals surface area contributed by atoms with Gasteiger partial charge in [0.05, 0.1) is 34.5 Å². The molecule has 10 heteroatoms. The molecule has 9 nitrogen and oxygen atoms in total. The van der Waals surface area contributed by atoms with Gasteiger partial charge in [0.15, 0.2) is 11.5 Å². The highest BCUT2D eigenvalue weighted by atomic mass is 35.5. The van der Waals surface area contributed by atoms with Crippen LogP contribution < -0.4 is 16.1 Å². The lowest BCUT2D eigenvalue weighted by Crippen LogP contribution is -2.21. The molecule has 31 heavy (non-hydrogen) atoms. The third-order valence-corrected chi connectivity index (χ3v) is 5.46. The van der Waals surface area contributed by atoms with Crippen LogP contribution in [0.25, 0.3) is 16.7 Å². The number of aromatic nitrogens is 4. The molecule has 4 aromatic rings. The van der Waals surface area contributed by atoms with Crippen molar-refractivity contribution in [1.29, 1.82) is 0 Å². The number of rotatable bonds is 3. The maximum Gasteiger partial charge on any atom is 0.341 e. The number of anilines is 2. The van der Waals surface area contributed by atoms with Crippen molar-refractivity contribution in [3.63, 3.8) is 0 Å². The molecule has 0 unspecified atom stereocenters. The normalized spacial score (nSPS) is 12.9. The maximum absolute atomic E-state index is 12.8. The van der Waals surface area contributed by atoms with Gasteiger partial charge < -0.3 is 15.7 Å². The van der Waals surface area contributed by atoms with Crippen LogP contribution in [0.15, 0.2) is 53.7 Å². The number of carboxylic acids is 1. The van der Waals surface area contributed by atoms with Crippen molar-refractivity contribution in [3.8, 4) is 5.69 Å². The van der Waals surface area contributed by atoms with E-state index in [9.17, 15) is 14.7 Å². The zero-order valence-electron chi connectivity index (χ0n) is 16.0. The molecule has 0 saturated heterocycles. The van der Waals surface area contributed by atoms with Crippen molar-refractivity contribution < 1.29 is 9.90 Å². The van der Waals surface area contributed by atoms with Gasteiger partial charge in [-0.25, -0.2) is 14.8 Å². The number of halogens is 1. The highest BCUT2D eigenvalue weighted by Gasteiger charge is 2.25. The highest BCUT2D eigenvalue weighted by Crippen LogP contribution is 2.33. The van der Waals surface area contributed by atoms with Crippen molar-refractivity contribution in [2.75, 3.05) is 10.6 Å². The van der Waals surface area contributed by atoms with Crippen LogP contribution in [-0.2, 0) is 13.1 Å². The van der Waals surface area contributed by atoms with E-state index in [1.54, 1.807) is 18.3 Å². The van der Waals surface area contributed by atoms with Crippen molar-refractivity contribution in [2.24, 2.45) is 0 Å². The fourth-order valence-corrected chi connectivity index (χ4v) is 3.95. The van der Waals surface area contributed by atoms with Crippen molar-refractivity contribution in [3.05, 3.63) is 81.0 Å². The summed E-state index contributed by atoms with van der Waals surface area (Å²) in [5.74, 6) is -0.552. The second-order valence-electron chi connectivity index (χ2n) is 7.12. The van der Waals surface area contributed by atoms with Crippen molar-refractivity contribution in [2.45, 2.75) is 13.1 Å². The number of hydrogen-bond donors (Lipinski definition) is 2. The lowest BCUT2D eigenvalue weighted by molar-refractivity contribution is 0.0695. The van der Waals surface area contributed by atoms with Gasteiger partial charge in [-0.05, 0) is 29.8 Å². The number of nitrogens with two attached hydrogens (primary N) is 1. The number of nitrogens with zero attached hydrogens (tertiary/aromatic N) is 5. The molecule has 0 aromatic carbocycles. The van der Waals surface area contributed by atoms with E-state index in [0.717, 1.165) is 11.3 Å². The number of carbonyl (C=O) groups is 1. The molecule has 0 spiro atoms. The first-order valence-electron chi connectivity index (χ1n) is 9.31. The average molecular weight is 435 g/mol. The molecule has 1 aliphatic heterocycles. The Labute approximate surface area is 180 Å². The summed E-state index contributed by atoms with van der Waals surface area (Å²) in [6.07, 6.45) is 4.46. The van der Waals surface area contributed by atoms with Gasteiger partial charge in [-0.15, -0.1) is 0 Å². The van der Waals surface area contributed by atoms with Crippen LogP contribution in [0.1, 0.15) is 21.6 Å². The fraction of sp³-hybridized carbons (Fsp3) is 0.0952. The minimum atomic E-state index is -1.34. The lowest BCUT2D eigenvalue weighted by Gasteiger charge is -2.20. The van der Waals surface area contributed by atoms with Crippen molar-refractivity contribution in [1.82, 2.24) is 19.5 Å². The van der Waals surface area contributed by atoms with Crippen LogP contribution in [0.3, 0.4) is 0 Å². The first-order chi connectivity index (χ1) is 14.9. The van der Waals surface area contributed by atoms with E-state index in [1.165, 1.54) is 23.0 Å². The number of aromatic carboxylic acids is 1. The van der Waals surface area contributed by atoms with Crippen LogP contribution in [0.5, 0.6) is 0 Å². The molecular weight excluding hydrogens is 420 g/mol. The molecule has 1 aliphatic rings. The Morgan fingerprint density at radius 1 is 1.19 bits per heavy atom. The Bertz CT molecular complexity index is 1390. The smallest absolute Gasteiger partial charge is 0.341 e. The van der Waals surface area contributed by atoms with Crippen LogP contribution in [0, 0.1) is 0 Å². The van der Waals surface area contributed by atoms with Gasteiger partial charge in [0.1, 0.15) is 11.4 Å². The van der Waals surface area contributed by atoms with Crippen LogP contribution in [0.2, 0.25) is 5.02 Å². The SMILES string of the molecule is Nc1ccc(-n2cc(C(=O)O)c(=O)c3cc(Cl)c(N4Cc5cccnc5C4)nc32)cn1. The predicted octanol–water partition coefficient (Wildman–Crippen LogP) is 2.63. The maximum atomic E-state index is 12.8. The molecule has 0 aliphatic carbocycles. The summed E-state index contributed by atoms with van der Waals surface area (Å²) in [4.78, 5) is 39.6. The molecule has 0 fully saturated rings. The van der Waals surface area contributed by atoms with Gasteiger partial charge in [-0.2, -0.15) is 0 Å². The van der Waals surface area contributed by atoms with Crippen LogP contribution in [0.4, 0.5) is 11.6 Å². The third kappa shape index (κ3) is 3.15. The van der Waals surface area contributed by atoms with Gasteiger partial charge in [0.2, 0.25) is 5.43 Å². The van der Waals surface area contributed by atoms with E-state index in [1.807, 2.05) is 17.0 Å². The zero-order valence-corrected chi connectivity index (χ0v) is 16.7. The summed E-state index contributed by atoms with van der Waals surface area (Å²) in [6.45, 7) is 1.09. The zero-order chi connectivity index (χ0) is 21.7. The van der Waals surface area contributed by atoms with Crippen molar-refractivity contribution >= 4 is 40.2 Å². The molecule has 0 saturated carbocycles. The van der Waals surface area contributed by atoms with E-state index in [-0.39, 0.29) is 16.1 Å². The van der Waals surface area contributed by atoms with E-state index < -0.39 is 17.0 Å². The fourth-order valence-electron chi connectivity index (χ4n) is 3.68. The van der Waals surface area contributed by atoms with E-state index in [0.29, 0.717) is 30.4 Å². The van der Waals surface area contributed by atoms with Gasteiger partial charge in [-0.3, -0.25) is 14.3 Å². The predicted molar refractivity (Wildman–Crippen MR) is 116 cm³/mol. The summed E-state index contributed by atoms with van der Waals surface area (Å²) in [5.41, 5.74) is 7.40. The number of pyridine rings is 4. The van der Waals surface area contributed by atoms with Crippen LogP contribution in [-0.4, -0.2) is 30.6 Å². The van der Waals surface area contributed by atoms with Crippen LogP contribution >= 0.6 is 11.6 Å². The second-order valence-corrected chi connectivity index (χ2v) is 7.53. The van der Waals surface area contributed by atoms with Gasteiger partial charge >= 0.3 is 5.97 Å². The lowest BCUT2D eigenvalue weighted by atomic mass is 10.2. The van der Waals surface area contributed by atoms with Gasteiger partial charge in [-0.1, -0.05) is 17.7 Å². The van der Waals surface area contributed by atoms with E-state index in [2.05, 4.69) is 15.0 Å². The minimum Gasteiger partial charge on any atom is -0.477 e. The quantitative estimate of drug-likeness (QED) is 0.503. The Balaban J connectivity index is 1.74. The molecule has 5 rings (SSSR count). The minimum absolute atomic E-state index is 0.0975. The highest BCUT2D eigenvalue weighted by molar-refractivity contribution is 6.33. The van der Waals surface area contributed by atoms with E-state index in [4.69, 9.17) is 17.3 Å². The summed E-state index contributed by atoms with van der Waals surface area (Å²) < 4.78 is 1.51. The molecule has 0 bridgehead atoms. The molecule has 0 radical (unpaired) electrons. The Morgan fingerprint density at radius 3 is 2.74 bits per heavy atom. The second kappa shape index (κ2) is 7.06. The number of carboxylic acid groups (broad SMARTS) is 1. The number of hydrogen-bond acceptors (Lipinski definition) is 7. The summed E-state index contributed by atoms with van der Waals surface area (Å²) >= 11 is 6.50. The molecule has 0 atom stereocenters. The molecule has 0 amide bonds. The summed E-state index contributed by atoms with van der Waals surface area (Å²) in [7, 11) is 0. The molecule has 5 heterocycles. The molecule has 4 aromatic heterocycles. The number of fused-ring (bicyclic) bond motifs is 2. The first-order valence-corrected chi connectivity index (χ1v) is 9.69. The third-order valence-electron chi connectivity index (χ3n) is 5.18. The number of nitrogen functional groups attached to an aromatic ring is 1. The Morgan fingerprint density at radius 2 is 2.03 bits per heavy atom. The van der Waals surface area contributed by atoms with Gasteiger partial charge in [0, 0.05) is 18.9 Å². The summed E-state index contributed by atoms with van der Waals surface area (Å²) in [6, 6.07) is 8.58. The Kier molecular flexibility index (Phi) is 4.33. The molecular formula is C21H15ClN6O3. The van der Waals surface area contributed by atoms with E-state index >= 15 is 0 Å². The first kappa shape index (κ1) is 19.0. The monoisotopic (exact) mass is 434 g/mol. The molecule has 154 valence electrons. The standard InChI is InChI=1S/C21H15ClN6O3/c22-15-6-13-18(29)14(21(30)31)9-28(12-3-4-17(23)25-7-12)19(13)26-20(15)27-8-11-2-1-5-24-16(11)10-27/h1-7,9H,8,10H2,(H2,23,25)(H,30,31). The van der Waals surface area contributed by atoms with Gasteiger partial charge in [0.25, 0.3) is 0 Å².